The van der Waals surface area contributed by atoms with Crippen LogP contribution in [0.1, 0.15) is 18.4 Å². The average molecular weight is 179 g/mol. The molecule has 1 saturated heterocycles. The van der Waals surface area contributed by atoms with E-state index in [1.807, 2.05) is 6.07 Å². The van der Waals surface area contributed by atoms with Crippen molar-refractivity contribution in [2.45, 2.75) is 12.8 Å². The van der Waals surface area contributed by atoms with Gasteiger partial charge in [-0.05, 0) is 24.2 Å². The van der Waals surface area contributed by atoms with Crippen molar-refractivity contribution in [3.63, 3.8) is 0 Å². The van der Waals surface area contributed by atoms with Crippen LogP contribution in [0.3, 0.4) is 0 Å². The van der Waals surface area contributed by atoms with Gasteiger partial charge in [-0.1, -0.05) is 19.1 Å². The number of rotatable bonds is 2. The van der Waals surface area contributed by atoms with E-state index in [0.717, 1.165) is 25.2 Å². The van der Waals surface area contributed by atoms with Gasteiger partial charge in [-0.2, -0.15) is 0 Å². The topological polar surface area (TPSA) is 3.24 Å². The molecule has 1 fully saturated rings. The third-order valence-corrected chi connectivity index (χ3v) is 2.72. The highest BCUT2D eigenvalue weighted by molar-refractivity contribution is 5.23. The quantitative estimate of drug-likeness (QED) is 0.673. The number of halogens is 1. The Balaban J connectivity index is 2.03. The molecule has 1 nitrogen and oxygen atoms in total. The smallest absolute Gasteiger partial charge is 0.123 e. The Morgan fingerprint density at radius 2 is 2.23 bits per heavy atom. The van der Waals surface area contributed by atoms with Gasteiger partial charge in [0.05, 0.1) is 0 Å². The summed E-state index contributed by atoms with van der Waals surface area (Å²) in [5.74, 6) is 0.433. The molecule has 0 aromatic heterocycles. The highest BCUT2D eigenvalue weighted by Gasteiger charge is 2.26. The summed E-state index contributed by atoms with van der Waals surface area (Å²) in [7, 11) is 0. The summed E-state index contributed by atoms with van der Waals surface area (Å²) in [6, 6.07) is 6.96. The molecule has 1 aliphatic rings. The minimum absolute atomic E-state index is 0.118. The fourth-order valence-corrected chi connectivity index (χ4v) is 1.80. The first kappa shape index (κ1) is 8.70. The third-order valence-electron chi connectivity index (χ3n) is 2.72. The van der Waals surface area contributed by atoms with Crippen LogP contribution in [0.2, 0.25) is 0 Å². The summed E-state index contributed by atoms with van der Waals surface area (Å²) in [5.41, 5.74) is 1.14. The summed E-state index contributed by atoms with van der Waals surface area (Å²) < 4.78 is 12.9. The molecule has 1 aromatic carbocycles. The van der Waals surface area contributed by atoms with Crippen molar-refractivity contribution in [2.75, 3.05) is 19.6 Å². The summed E-state index contributed by atoms with van der Waals surface area (Å²) in [6.45, 7) is 5.42. The van der Waals surface area contributed by atoms with E-state index >= 15 is 0 Å². The molecule has 0 amide bonds. The first-order valence-corrected chi connectivity index (χ1v) is 4.77. The fraction of sp³-hybridized carbons (Fsp3) is 0.455. The first-order chi connectivity index (χ1) is 6.29. The minimum atomic E-state index is -0.118. The number of hydrogen-bond donors (Lipinski definition) is 0. The van der Waals surface area contributed by atoms with Crippen molar-refractivity contribution in [3.05, 3.63) is 35.6 Å². The van der Waals surface area contributed by atoms with Crippen molar-refractivity contribution < 1.29 is 4.39 Å². The van der Waals surface area contributed by atoms with E-state index in [2.05, 4.69) is 11.8 Å². The van der Waals surface area contributed by atoms with Crippen LogP contribution in [0.5, 0.6) is 0 Å². The van der Waals surface area contributed by atoms with Gasteiger partial charge in [0.2, 0.25) is 0 Å². The lowest BCUT2D eigenvalue weighted by Gasteiger charge is -2.38. The Hall–Kier alpha value is -0.890. The molecule has 0 radical (unpaired) electrons. The molecule has 0 bridgehead atoms. The first-order valence-electron chi connectivity index (χ1n) is 4.77. The van der Waals surface area contributed by atoms with Crippen molar-refractivity contribution in [1.82, 2.24) is 4.90 Å². The van der Waals surface area contributed by atoms with Crippen molar-refractivity contribution in [1.29, 1.82) is 0 Å². The standard InChI is InChI=1S/C11H14FN/c1-2-13-7-10(8-13)9-4-3-5-11(12)6-9/h3-6,10H,2,7-8H2,1H3. The molecule has 0 saturated carbocycles. The fourth-order valence-electron chi connectivity index (χ4n) is 1.80. The van der Waals surface area contributed by atoms with Crippen LogP contribution in [0.25, 0.3) is 0 Å². The van der Waals surface area contributed by atoms with Crippen LogP contribution < -0.4 is 0 Å². The van der Waals surface area contributed by atoms with Gasteiger partial charge in [0, 0.05) is 19.0 Å². The number of likely N-dealkylation sites (tertiary alicyclic amines) is 1. The molecule has 13 heavy (non-hydrogen) atoms. The predicted molar refractivity (Wildman–Crippen MR) is 51.3 cm³/mol. The lowest BCUT2D eigenvalue weighted by Crippen LogP contribution is -2.44. The maximum atomic E-state index is 12.9. The number of likely N-dealkylation sites (N-methyl/N-ethyl adjacent to an activating group) is 1. The second kappa shape index (κ2) is 3.46. The van der Waals surface area contributed by atoms with Crippen LogP contribution in [0.4, 0.5) is 4.39 Å². The van der Waals surface area contributed by atoms with Gasteiger partial charge < -0.3 is 4.90 Å². The second-order valence-electron chi connectivity index (χ2n) is 3.60. The third kappa shape index (κ3) is 1.73. The number of benzene rings is 1. The van der Waals surface area contributed by atoms with E-state index < -0.39 is 0 Å². The van der Waals surface area contributed by atoms with E-state index in [-0.39, 0.29) is 5.82 Å². The molecular formula is C11H14FN. The van der Waals surface area contributed by atoms with E-state index in [0.29, 0.717) is 5.92 Å². The van der Waals surface area contributed by atoms with Crippen LogP contribution in [-0.4, -0.2) is 24.5 Å². The highest BCUT2D eigenvalue weighted by atomic mass is 19.1. The van der Waals surface area contributed by atoms with Crippen LogP contribution in [0, 0.1) is 5.82 Å². The summed E-state index contributed by atoms with van der Waals surface area (Å²) in [6.07, 6.45) is 0. The van der Waals surface area contributed by atoms with Gasteiger partial charge >= 0.3 is 0 Å². The molecule has 70 valence electrons. The maximum absolute atomic E-state index is 12.9. The van der Waals surface area contributed by atoms with Crippen molar-refractivity contribution in [3.8, 4) is 0 Å². The molecule has 0 N–H and O–H groups in total. The molecule has 0 unspecified atom stereocenters. The van der Waals surface area contributed by atoms with E-state index in [1.165, 1.54) is 6.07 Å². The zero-order valence-corrected chi connectivity index (χ0v) is 7.83. The number of hydrogen-bond acceptors (Lipinski definition) is 1. The lowest BCUT2D eigenvalue weighted by molar-refractivity contribution is 0.157. The van der Waals surface area contributed by atoms with Crippen molar-refractivity contribution >= 4 is 0 Å². The van der Waals surface area contributed by atoms with E-state index in [9.17, 15) is 4.39 Å². The summed E-state index contributed by atoms with van der Waals surface area (Å²) in [5, 5.41) is 0. The Morgan fingerprint density at radius 1 is 1.46 bits per heavy atom. The molecule has 0 atom stereocenters. The summed E-state index contributed by atoms with van der Waals surface area (Å²) in [4.78, 5) is 2.36. The monoisotopic (exact) mass is 179 g/mol. The predicted octanol–water partition coefficient (Wildman–Crippen LogP) is 2.24. The molecular weight excluding hydrogens is 165 g/mol. The molecule has 2 rings (SSSR count). The van der Waals surface area contributed by atoms with Crippen LogP contribution in [0.15, 0.2) is 24.3 Å². The van der Waals surface area contributed by atoms with Gasteiger partial charge in [0.1, 0.15) is 5.82 Å². The molecule has 2 heteroatoms. The SMILES string of the molecule is CCN1CC(c2cccc(F)c2)C1. The summed E-state index contributed by atoms with van der Waals surface area (Å²) >= 11 is 0. The van der Waals surface area contributed by atoms with Gasteiger partial charge in [0.15, 0.2) is 0 Å². The Morgan fingerprint density at radius 3 is 2.85 bits per heavy atom. The van der Waals surface area contributed by atoms with E-state index in [1.54, 1.807) is 12.1 Å². The van der Waals surface area contributed by atoms with E-state index in [4.69, 9.17) is 0 Å². The molecule has 0 spiro atoms. The van der Waals surface area contributed by atoms with Gasteiger partial charge in [-0.3, -0.25) is 0 Å². The van der Waals surface area contributed by atoms with Crippen molar-refractivity contribution in [2.24, 2.45) is 0 Å². The van der Waals surface area contributed by atoms with Gasteiger partial charge in [0.25, 0.3) is 0 Å². The van der Waals surface area contributed by atoms with Crippen LogP contribution >= 0.6 is 0 Å². The zero-order valence-electron chi connectivity index (χ0n) is 7.83. The number of nitrogens with zero attached hydrogens (tertiary/aromatic N) is 1. The van der Waals surface area contributed by atoms with Gasteiger partial charge in [-0.15, -0.1) is 0 Å². The molecule has 1 aliphatic heterocycles. The van der Waals surface area contributed by atoms with Crippen LogP contribution in [-0.2, 0) is 0 Å². The second-order valence-corrected chi connectivity index (χ2v) is 3.60. The zero-order chi connectivity index (χ0) is 9.26. The highest BCUT2D eigenvalue weighted by Crippen LogP contribution is 2.26. The largest absolute Gasteiger partial charge is 0.302 e. The molecule has 0 aliphatic carbocycles. The maximum Gasteiger partial charge on any atom is 0.123 e. The average Bonchev–Trinajstić information content (AvgIpc) is 2.02. The lowest BCUT2D eigenvalue weighted by atomic mass is 9.91. The Bertz CT molecular complexity index is 292. The van der Waals surface area contributed by atoms with Gasteiger partial charge in [-0.25, -0.2) is 4.39 Å². The minimum Gasteiger partial charge on any atom is -0.302 e. The Labute approximate surface area is 78.2 Å². The Kier molecular flexibility index (Phi) is 2.32. The molecule has 1 aromatic rings. The molecule has 1 heterocycles. The normalized spacial score (nSPS) is 18.6.